The van der Waals surface area contributed by atoms with Gasteiger partial charge in [0.2, 0.25) is 0 Å². The van der Waals surface area contributed by atoms with E-state index in [1.165, 1.54) is 36.8 Å². The van der Waals surface area contributed by atoms with E-state index in [2.05, 4.69) is 19.9 Å². The Balaban J connectivity index is 1.99. The predicted molar refractivity (Wildman–Crippen MR) is 82.8 cm³/mol. The summed E-state index contributed by atoms with van der Waals surface area (Å²) in [6.07, 6.45) is 8.50. The first-order valence-electron chi connectivity index (χ1n) is 7.63. The Labute approximate surface area is 121 Å². The molecule has 2 heteroatoms. The fourth-order valence-corrected chi connectivity index (χ4v) is 2.93. The van der Waals surface area contributed by atoms with Crippen molar-refractivity contribution >= 4 is 11.5 Å². The summed E-state index contributed by atoms with van der Waals surface area (Å²) < 4.78 is 0. The van der Waals surface area contributed by atoms with Crippen LogP contribution in [0.1, 0.15) is 61.9 Å². The first kappa shape index (κ1) is 14.8. The molecule has 0 fully saturated rings. The Morgan fingerprint density at radius 2 is 2.05 bits per heavy atom. The number of rotatable bonds is 5. The fourth-order valence-electron chi connectivity index (χ4n) is 2.93. The SMILES string of the molecule is CCC(C)CC1CC=C(c2ccc(C(=O)O)cc2)CC1. The van der Waals surface area contributed by atoms with Crippen molar-refractivity contribution < 1.29 is 9.90 Å². The minimum atomic E-state index is -0.859. The summed E-state index contributed by atoms with van der Waals surface area (Å²) in [6, 6.07) is 7.27. The zero-order valence-corrected chi connectivity index (χ0v) is 12.4. The second-order valence-electron chi connectivity index (χ2n) is 6.00. The van der Waals surface area contributed by atoms with Crippen LogP contribution in [-0.2, 0) is 0 Å². The van der Waals surface area contributed by atoms with Gasteiger partial charge in [-0.2, -0.15) is 0 Å². The monoisotopic (exact) mass is 272 g/mol. The maximum Gasteiger partial charge on any atom is 0.335 e. The maximum atomic E-state index is 10.8. The van der Waals surface area contributed by atoms with Crippen LogP contribution in [0, 0.1) is 11.8 Å². The summed E-state index contributed by atoms with van der Waals surface area (Å²) in [7, 11) is 0. The molecule has 1 aromatic rings. The number of carboxylic acid groups (broad SMARTS) is 1. The van der Waals surface area contributed by atoms with Gasteiger partial charge in [0, 0.05) is 0 Å². The van der Waals surface area contributed by atoms with Crippen molar-refractivity contribution in [2.45, 2.75) is 46.0 Å². The second-order valence-corrected chi connectivity index (χ2v) is 6.00. The number of carbonyl (C=O) groups is 1. The smallest absolute Gasteiger partial charge is 0.335 e. The zero-order valence-electron chi connectivity index (χ0n) is 12.4. The van der Waals surface area contributed by atoms with Crippen molar-refractivity contribution in [3.8, 4) is 0 Å². The van der Waals surface area contributed by atoms with E-state index in [9.17, 15) is 4.79 Å². The Morgan fingerprint density at radius 3 is 2.55 bits per heavy atom. The van der Waals surface area contributed by atoms with Crippen molar-refractivity contribution in [2.75, 3.05) is 0 Å². The maximum absolute atomic E-state index is 10.8. The average Bonchev–Trinajstić information content (AvgIpc) is 2.48. The highest BCUT2D eigenvalue weighted by Gasteiger charge is 2.17. The van der Waals surface area contributed by atoms with E-state index in [0.717, 1.165) is 18.3 Å². The molecule has 2 unspecified atom stereocenters. The minimum absolute atomic E-state index is 0.361. The molecule has 0 radical (unpaired) electrons. The average molecular weight is 272 g/mol. The van der Waals surface area contributed by atoms with Gasteiger partial charge >= 0.3 is 5.97 Å². The third kappa shape index (κ3) is 3.72. The van der Waals surface area contributed by atoms with Gasteiger partial charge < -0.3 is 5.11 Å². The van der Waals surface area contributed by atoms with Gasteiger partial charge in [-0.05, 0) is 60.8 Å². The number of aromatic carboxylic acids is 1. The summed E-state index contributed by atoms with van der Waals surface area (Å²) in [5.41, 5.74) is 2.92. The van der Waals surface area contributed by atoms with Crippen molar-refractivity contribution in [3.05, 3.63) is 41.5 Å². The van der Waals surface area contributed by atoms with E-state index in [-0.39, 0.29) is 0 Å². The van der Waals surface area contributed by atoms with Crippen LogP contribution in [0.15, 0.2) is 30.3 Å². The Hall–Kier alpha value is -1.57. The van der Waals surface area contributed by atoms with Gasteiger partial charge in [0.1, 0.15) is 0 Å². The van der Waals surface area contributed by atoms with Gasteiger partial charge in [-0.25, -0.2) is 4.79 Å². The van der Waals surface area contributed by atoms with Crippen molar-refractivity contribution in [2.24, 2.45) is 11.8 Å². The molecule has 1 N–H and O–H groups in total. The van der Waals surface area contributed by atoms with Gasteiger partial charge in [0.25, 0.3) is 0 Å². The highest BCUT2D eigenvalue weighted by molar-refractivity contribution is 5.88. The van der Waals surface area contributed by atoms with Gasteiger partial charge in [-0.1, -0.05) is 38.5 Å². The highest BCUT2D eigenvalue weighted by Crippen LogP contribution is 2.33. The summed E-state index contributed by atoms with van der Waals surface area (Å²) in [5.74, 6) is 0.791. The second kappa shape index (κ2) is 6.74. The van der Waals surface area contributed by atoms with E-state index in [4.69, 9.17) is 5.11 Å². The van der Waals surface area contributed by atoms with Crippen molar-refractivity contribution in [1.82, 2.24) is 0 Å². The standard InChI is InChI=1S/C18H24O2/c1-3-13(2)12-14-4-6-15(7-5-14)16-8-10-17(11-9-16)18(19)20/h6,8-11,13-14H,3-5,7,12H2,1-2H3,(H,19,20). The molecule has 1 aliphatic carbocycles. The van der Waals surface area contributed by atoms with Crippen LogP contribution in [0.5, 0.6) is 0 Å². The van der Waals surface area contributed by atoms with E-state index in [1.807, 2.05) is 12.1 Å². The molecule has 0 saturated heterocycles. The van der Waals surface area contributed by atoms with Crippen LogP contribution in [-0.4, -0.2) is 11.1 Å². The molecule has 1 aliphatic rings. The normalized spacial score (nSPS) is 20.3. The number of allylic oxidation sites excluding steroid dienone is 2. The predicted octanol–water partition coefficient (Wildman–Crippen LogP) is 5.00. The molecule has 0 bridgehead atoms. The molecular formula is C18H24O2. The summed E-state index contributed by atoms with van der Waals surface area (Å²) in [4.78, 5) is 10.8. The van der Waals surface area contributed by atoms with Crippen LogP contribution in [0.2, 0.25) is 0 Å². The molecule has 0 aromatic heterocycles. The fraction of sp³-hybridized carbons (Fsp3) is 0.500. The highest BCUT2D eigenvalue weighted by atomic mass is 16.4. The minimum Gasteiger partial charge on any atom is -0.478 e. The molecule has 0 amide bonds. The molecule has 0 heterocycles. The summed E-state index contributed by atoms with van der Waals surface area (Å²) in [5, 5.41) is 8.91. The molecular weight excluding hydrogens is 248 g/mol. The molecule has 20 heavy (non-hydrogen) atoms. The van der Waals surface area contributed by atoms with Crippen molar-refractivity contribution in [1.29, 1.82) is 0 Å². The van der Waals surface area contributed by atoms with Crippen molar-refractivity contribution in [3.63, 3.8) is 0 Å². The van der Waals surface area contributed by atoms with Crippen LogP contribution in [0.3, 0.4) is 0 Å². The lowest BCUT2D eigenvalue weighted by molar-refractivity contribution is 0.0697. The lowest BCUT2D eigenvalue weighted by atomic mass is 9.81. The first-order chi connectivity index (χ1) is 9.60. The van der Waals surface area contributed by atoms with Crippen LogP contribution < -0.4 is 0 Å². The molecule has 1 aromatic carbocycles. The van der Waals surface area contributed by atoms with E-state index in [1.54, 1.807) is 12.1 Å². The van der Waals surface area contributed by atoms with Gasteiger partial charge in [0.15, 0.2) is 0 Å². The topological polar surface area (TPSA) is 37.3 Å². The summed E-state index contributed by atoms with van der Waals surface area (Å²) in [6.45, 7) is 4.60. The zero-order chi connectivity index (χ0) is 14.5. The Morgan fingerprint density at radius 1 is 1.35 bits per heavy atom. The Kier molecular flexibility index (Phi) is 4.99. The van der Waals surface area contributed by atoms with E-state index in [0.29, 0.717) is 5.56 Å². The van der Waals surface area contributed by atoms with Gasteiger partial charge in [-0.3, -0.25) is 0 Å². The molecule has 2 rings (SSSR count). The van der Waals surface area contributed by atoms with E-state index < -0.39 is 5.97 Å². The number of benzene rings is 1. The molecule has 108 valence electrons. The molecule has 0 spiro atoms. The van der Waals surface area contributed by atoms with Crippen LogP contribution in [0.25, 0.3) is 5.57 Å². The number of carboxylic acids is 1. The molecule has 0 aliphatic heterocycles. The largest absolute Gasteiger partial charge is 0.478 e. The number of hydrogen-bond donors (Lipinski definition) is 1. The lowest BCUT2D eigenvalue weighted by Gasteiger charge is -2.24. The molecule has 2 nitrogen and oxygen atoms in total. The van der Waals surface area contributed by atoms with Crippen LogP contribution >= 0.6 is 0 Å². The van der Waals surface area contributed by atoms with Gasteiger partial charge in [-0.15, -0.1) is 0 Å². The molecule has 2 atom stereocenters. The third-order valence-electron chi connectivity index (χ3n) is 4.45. The quantitative estimate of drug-likeness (QED) is 0.818. The Bertz CT molecular complexity index is 485. The first-order valence-corrected chi connectivity index (χ1v) is 7.63. The van der Waals surface area contributed by atoms with Gasteiger partial charge in [0.05, 0.1) is 5.56 Å². The summed E-state index contributed by atoms with van der Waals surface area (Å²) >= 11 is 0. The molecule has 0 saturated carbocycles. The third-order valence-corrected chi connectivity index (χ3v) is 4.45. The van der Waals surface area contributed by atoms with Crippen LogP contribution in [0.4, 0.5) is 0 Å². The lowest BCUT2D eigenvalue weighted by Crippen LogP contribution is -2.09. The number of hydrogen-bond acceptors (Lipinski definition) is 1. The van der Waals surface area contributed by atoms with E-state index >= 15 is 0 Å².